The molecule has 2 fully saturated rings. The average molecular weight is 387 g/mol. The van der Waals surface area contributed by atoms with E-state index in [1.165, 1.54) is 24.1 Å². The van der Waals surface area contributed by atoms with Crippen molar-refractivity contribution >= 4 is 23.6 Å². The first-order chi connectivity index (χ1) is 13.0. The van der Waals surface area contributed by atoms with Crippen LogP contribution in [0.5, 0.6) is 0 Å². The van der Waals surface area contributed by atoms with Gasteiger partial charge >= 0.3 is 5.97 Å². The van der Waals surface area contributed by atoms with E-state index in [-0.39, 0.29) is 29.7 Å². The van der Waals surface area contributed by atoms with E-state index in [1.54, 1.807) is 0 Å². The van der Waals surface area contributed by atoms with Crippen molar-refractivity contribution < 1.29 is 24.2 Å². The van der Waals surface area contributed by atoms with Gasteiger partial charge in [-0.1, -0.05) is 12.1 Å². The smallest absolute Gasteiger partial charge is 0.339 e. The van der Waals surface area contributed by atoms with Gasteiger partial charge in [0.05, 0.1) is 23.7 Å². The third-order valence-corrected chi connectivity index (χ3v) is 6.47. The fourth-order valence-corrected chi connectivity index (χ4v) is 5.17. The Morgan fingerprint density at radius 2 is 1.81 bits per heavy atom. The number of rotatable bonds is 5. The second-order valence-corrected chi connectivity index (χ2v) is 8.09. The molecule has 0 spiro atoms. The molecule has 4 rings (SSSR count). The number of carbonyl (C=O) groups excluding carboxylic acids is 1. The van der Waals surface area contributed by atoms with Gasteiger partial charge in [0, 0.05) is 17.0 Å². The molecule has 7 heteroatoms. The standard InChI is InChI=1S/C20H21NO5S/c22-14-9-12-5-6-13(10-14)21(12)19(23)16-3-1-2-4-18(16)27-11-17-15(20(24)25)7-8-26-17/h1-4,7-8,12-14,22H,5-6,9-11H2,(H,24,25). The lowest BCUT2D eigenvalue weighted by molar-refractivity contribution is 0.0284. The Morgan fingerprint density at radius 3 is 2.52 bits per heavy atom. The first-order valence-corrected chi connectivity index (χ1v) is 10.1. The van der Waals surface area contributed by atoms with Crippen molar-refractivity contribution in [1.29, 1.82) is 0 Å². The van der Waals surface area contributed by atoms with Crippen LogP contribution in [0.3, 0.4) is 0 Å². The molecular formula is C20H21NO5S. The SMILES string of the molecule is O=C(O)c1ccoc1CSc1ccccc1C(=O)N1C2CCC1CC(O)C2. The first-order valence-electron chi connectivity index (χ1n) is 9.07. The Bertz CT molecular complexity index is 850. The van der Waals surface area contributed by atoms with Gasteiger partial charge in [-0.15, -0.1) is 11.8 Å². The van der Waals surface area contributed by atoms with E-state index < -0.39 is 5.97 Å². The van der Waals surface area contributed by atoms with Crippen molar-refractivity contribution in [1.82, 2.24) is 4.90 Å². The van der Waals surface area contributed by atoms with Crippen molar-refractivity contribution in [3.63, 3.8) is 0 Å². The number of furan rings is 1. The minimum Gasteiger partial charge on any atom is -0.478 e. The molecule has 2 aliphatic rings. The van der Waals surface area contributed by atoms with Crippen LogP contribution in [0, 0.1) is 0 Å². The minimum atomic E-state index is -1.02. The van der Waals surface area contributed by atoms with Crippen molar-refractivity contribution in [3.05, 3.63) is 53.5 Å². The molecule has 2 N–H and O–H groups in total. The van der Waals surface area contributed by atoms with Gasteiger partial charge in [0.15, 0.2) is 0 Å². The Labute approximate surface area is 161 Å². The highest BCUT2D eigenvalue weighted by Crippen LogP contribution is 2.38. The van der Waals surface area contributed by atoms with Crippen molar-refractivity contribution in [2.75, 3.05) is 0 Å². The molecular weight excluding hydrogens is 366 g/mol. The Hall–Kier alpha value is -2.25. The summed E-state index contributed by atoms with van der Waals surface area (Å²) in [7, 11) is 0. The lowest BCUT2D eigenvalue weighted by Crippen LogP contribution is -2.48. The number of carboxylic acid groups (broad SMARTS) is 1. The number of amides is 1. The summed E-state index contributed by atoms with van der Waals surface area (Å²) >= 11 is 1.40. The summed E-state index contributed by atoms with van der Waals surface area (Å²) in [6.07, 6.45) is 4.23. The van der Waals surface area contributed by atoms with E-state index >= 15 is 0 Å². The molecule has 3 heterocycles. The van der Waals surface area contributed by atoms with Gasteiger partial charge in [0.1, 0.15) is 11.3 Å². The second-order valence-electron chi connectivity index (χ2n) is 7.07. The minimum absolute atomic E-state index is 0.00426. The fourth-order valence-electron chi connectivity index (χ4n) is 4.17. The third-order valence-electron chi connectivity index (χ3n) is 5.39. The molecule has 2 aliphatic heterocycles. The van der Waals surface area contributed by atoms with Crippen molar-refractivity contribution in [2.24, 2.45) is 0 Å². The highest BCUT2D eigenvalue weighted by atomic mass is 32.2. The molecule has 27 heavy (non-hydrogen) atoms. The summed E-state index contributed by atoms with van der Waals surface area (Å²) < 4.78 is 5.30. The van der Waals surface area contributed by atoms with Gasteiger partial charge in [-0.2, -0.15) is 0 Å². The first kappa shape index (κ1) is 18.1. The molecule has 2 atom stereocenters. The maximum Gasteiger partial charge on any atom is 0.339 e. The fraction of sp³-hybridized carbons (Fsp3) is 0.400. The van der Waals surface area contributed by atoms with E-state index in [2.05, 4.69) is 0 Å². The zero-order valence-corrected chi connectivity index (χ0v) is 15.5. The summed E-state index contributed by atoms with van der Waals surface area (Å²) in [6.45, 7) is 0. The highest BCUT2D eigenvalue weighted by molar-refractivity contribution is 7.98. The molecule has 6 nitrogen and oxygen atoms in total. The summed E-state index contributed by atoms with van der Waals surface area (Å²) in [5, 5.41) is 19.2. The molecule has 0 radical (unpaired) electrons. The number of hydrogen-bond donors (Lipinski definition) is 2. The largest absolute Gasteiger partial charge is 0.478 e. The second kappa shape index (κ2) is 7.40. The Morgan fingerprint density at radius 1 is 1.11 bits per heavy atom. The summed E-state index contributed by atoms with van der Waals surface area (Å²) in [5.74, 6) is -0.303. The maximum absolute atomic E-state index is 13.2. The quantitative estimate of drug-likeness (QED) is 0.764. The summed E-state index contributed by atoms with van der Waals surface area (Å²) in [6, 6.07) is 9.05. The molecule has 2 bridgehead atoms. The van der Waals surface area contributed by atoms with Crippen LogP contribution in [-0.2, 0) is 5.75 Å². The molecule has 142 valence electrons. The lowest BCUT2D eigenvalue weighted by atomic mass is 9.98. The van der Waals surface area contributed by atoms with Crippen LogP contribution < -0.4 is 0 Å². The number of aromatic carboxylic acids is 1. The molecule has 0 saturated carbocycles. The number of piperidine rings is 1. The Kier molecular flexibility index (Phi) is 4.97. The molecule has 2 saturated heterocycles. The molecule has 1 aromatic carbocycles. The summed E-state index contributed by atoms with van der Waals surface area (Å²) in [5.41, 5.74) is 0.772. The van der Waals surface area contributed by atoms with E-state index in [1.807, 2.05) is 29.2 Å². The summed E-state index contributed by atoms with van der Waals surface area (Å²) in [4.78, 5) is 27.2. The monoisotopic (exact) mass is 387 g/mol. The number of carbonyl (C=O) groups is 2. The highest BCUT2D eigenvalue weighted by Gasteiger charge is 2.43. The van der Waals surface area contributed by atoms with Gasteiger partial charge < -0.3 is 19.5 Å². The van der Waals surface area contributed by atoms with Crippen LogP contribution in [0.15, 0.2) is 45.9 Å². The van der Waals surface area contributed by atoms with E-state index in [0.29, 0.717) is 29.9 Å². The van der Waals surface area contributed by atoms with Crippen LogP contribution in [0.25, 0.3) is 0 Å². The zero-order chi connectivity index (χ0) is 19.0. The normalized spacial score (nSPS) is 24.2. The lowest BCUT2D eigenvalue weighted by Gasteiger charge is -2.37. The number of fused-ring (bicyclic) bond motifs is 2. The number of benzene rings is 1. The maximum atomic E-state index is 13.2. The predicted molar refractivity (Wildman–Crippen MR) is 99.9 cm³/mol. The third kappa shape index (κ3) is 3.49. The van der Waals surface area contributed by atoms with Crippen LogP contribution in [0.2, 0.25) is 0 Å². The number of nitrogens with zero attached hydrogens (tertiary/aromatic N) is 1. The van der Waals surface area contributed by atoms with E-state index in [9.17, 15) is 19.8 Å². The Balaban J connectivity index is 1.54. The predicted octanol–water partition coefficient (Wildman–Crippen LogP) is 3.40. The molecule has 1 amide bonds. The van der Waals surface area contributed by atoms with Gasteiger partial charge in [-0.05, 0) is 43.9 Å². The van der Waals surface area contributed by atoms with Gasteiger partial charge in [0.2, 0.25) is 0 Å². The van der Waals surface area contributed by atoms with Crippen LogP contribution >= 0.6 is 11.8 Å². The van der Waals surface area contributed by atoms with Crippen LogP contribution in [0.4, 0.5) is 0 Å². The topological polar surface area (TPSA) is 91.0 Å². The molecule has 2 aromatic rings. The van der Waals surface area contributed by atoms with Crippen LogP contribution in [-0.4, -0.2) is 45.2 Å². The van der Waals surface area contributed by atoms with Crippen molar-refractivity contribution in [3.8, 4) is 0 Å². The van der Waals surface area contributed by atoms with Crippen molar-refractivity contribution in [2.45, 2.75) is 54.5 Å². The average Bonchev–Trinajstić information content (AvgIpc) is 3.22. The number of aliphatic hydroxyl groups is 1. The van der Waals surface area contributed by atoms with Gasteiger partial charge in [0.25, 0.3) is 5.91 Å². The molecule has 0 aliphatic carbocycles. The number of aliphatic hydroxyl groups excluding tert-OH is 1. The van der Waals surface area contributed by atoms with Gasteiger partial charge in [-0.3, -0.25) is 4.79 Å². The molecule has 1 aromatic heterocycles. The van der Waals surface area contributed by atoms with Gasteiger partial charge in [-0.25, -0.2) is 4.79 Å². The number of hydrogen-bond acceptors (Lipinski definition) is 5. The number of carboxylic acids is 1. The zero-order valence-electron chi connectivity index (χ0n) is 14.7. The molecule has 2 unspecified atom stereocenters. The van der Waals surface area contributed by atoms with E-state index in [0.717, 1.165) is 17.7 Å². The number of thioether (sulfide) groups is 1. The van der Waals surface area contributed by atoms with E-state index in [4.69, 9.17) is 4.42 Å². The van der Waals surface area contributed by atoms with Crippen LogP contribution in [0.1, 0.15) is 52.2 Å².